The van der Waals surface area contributed by atoms with Crippen LogP contribution in [0.1, 0.15) is 51.5 Å². The fourth-order valence-corrected chi connectivity index (χ4v) is 6.99. The van der Waals surface area contributed by atoms with Gasteiger partial charge in [0, 0.05) is 74.0 Å². The van der Waals surface area contributed by atoms with E-state index in [1.54, 1.807) is 0 Å². The van der Waals surface area contributed by atoms with E-state index in [2.05, 4.69) is 4.90 Å². The van der Waals surface area contributed by atoms with Crippen LogP contribution in [0, 0.1) is 0 Å². The molecule has 3 aromatic carbocycles. The Bertz CT molecular complexity index is 1620. The summed E-state index contributed by atoms with van der Waals surface area (Å²) < 4.78 is 0. The number of hydrogen-bond donors (Lipinski definition) is 0. The largest absolute Gasteiger partial charge is 0.342 e. The summed E-state index contributed by atoms with van der Waals surface area (Å²) in [6.07, 6.45) is 2.10. The monoisotopic (exact) mass is 584 g/mol. The Kier molecular flexibility index (Phi) is 7.79. The molecule has 2 saturated heterocycles. The number of amides is 2. The van der Waals surface area contributed by atoms with Crippen molar-refractivity contribution in [2.45, 2.75) is 31.2 Å². The van der Waals surface area contributed by atoms with Gasteiger partial charge in [-0.1, -0.05) is 84.9 Å². The van der Waals surface area contributed by atoms with Gasteiger partial charge < -0.3 is 9.80 Å². The standard InChI is InChI=1S/C37H36N4O3/c42-35-25-32(30-13-7-8-14-31(30)35)37(44)40-17-15-29(16-18-40)39-19-21-41(22-20-39)36(43)28-23-33(26-9-3-1-4-10-26)38-34(24-28)27-11-5-2-6-12-27/h1-14,23-24,29,32H,15-22,25H2. The van der Waals surface area contributed by atoms with Crippen molar-refractivity contribution in [1.29, 1.82) is 0 Å². The number of carbonyl (C=O) groups excluding carboxylic acids is 3. The van der Waals surface area contributed by atoms with Gasteiger partial charge in [0.2, 0.25) is 5.91 Å². The molecule has 44 heavy (non-hydrogen) atoms. The Labute approximate surface area is 258 Å². The van der Waals surface area contributed by atoms with Crippen LogP contribution in [0.4, 0.5) is 0 Å². The van der Waals surface area contributed by atoms with Crippen LogP contribution in [-0.2, 0) is 4.79 Å². The first-order chi connectivity index (χ1) is 21.5. The molecule has 0 saturated carbocycles. The van der Waals surface area contributed by atoms with E-state index >= 15 is 0 Å². The quantitative estimate of drug-likeness (QED) is 0.308. The van der Waals surface area contributed by atoms with E-state index in [1.807, 2.05) is 107 Å². The molecule has 4 aromatic rings. The zero-order valence-corrected chi connectivity index (χ0v) is 24.8. The Morgan fingerprint density at radius 2 is 1.23 bits per heavy atom. The zero-order chi connectivity index (χ0) is 30.0. The number of hydrogen-bond acceptors (Lipinski definition) is 5. The van der Waals surface area contributed by atoms with Gasteiger partial charge in [0.25, 0.3) is 5.91 Å². The SMILES string of the molecule is O=C1CC(C(=O)N2CCC(N3CCN(C(=O)c4cc(-c5ccccc5)nc(-c5ccccc5)c4)CC3)CC2)c2ccccc21. The summed E-state index contributed by atoms with van der Waals surface area (Å²) in [5, 5.41) is 0. The van der Waals surface area contributed by atoms with Crippen LogP contribution in [0.25, 0.3) is 22.5 Å². The third kappa shape index (κ3) is 5.55. The molecule has 7 rings (SSSR count). The number of piperazine rings is 1. The first-order valence-electron chi connectivity index (χ1n) is 15.6. The number of ketones is 1. The molecule has 0 spiro atoms. The summed E-state index contributed by atoms with van der Waals surface area (Å²) in [7, 11) is 0. The van der Waals surface area contributed by atoms with Crippen molar-refractivity contribution >= 4 is 17.6 Å². The molecule has 222 valence electrons. The number of aromatic nitrogens is 1. The molecule has 7 heteroatoms. The summed E-state index contributed by atoms with van der Waals surface area (Å²) >= 11 is 0. The highest BCUT2D eigenvalue weighted by molar-refractivity contribution is 6.06. The van der Waals surface area contributed by atoms with Crippen molar-refractivity contribution in [3.8, 4) is 22.5 Å². The summed E-state index contributed by atoms with van der Waals surface area (Å²) in [4.78, 5) is 50.9. The van der Waals surface area contributed by atoms with Crippen LogP contribution in [-0.4, -0.2) is 82.6 Å². The van der Waals surface area contributed by atoms with E-state index in [9.17, 15) is 14.4 Å². The van der Waals surface area contributed by atoms with Crippen LogP contribution in [0.5, 0.6) is 0 Å². The number of piperidine rings is 1. The summed E-state index contributed by atoms with van der Waals surface area (Å²) in [6, 6.07) is 31.8. The van der Waals surface area contributed by atoms with E-state index in [0.29, 0.717) is 43.3 Å². The van der Waals surface area contributed by atoms with E-state index in [0.717, 1.165) is 54.0 Å². The van der Waals surface area contributed by atoms with Crippen molar-refractivity contribution in [3.05, 3.63) is 114 Å². The molecule has 2 fully saturated rings. The molecule has 7 nitrogen and oxygen atoms in total. The smallest absolute Gasteiger partial charge is 0.254 e. The number of Topliss-reactive ketones (excluding diaryl/α,β-unsaturated/α-hetero) is 1. The van der Waals surface area contributed by atoms with Crippen LogP contribution < -0.4 is 0 Å². The fraction of sp³-hybridized carbons (Fsp3) is 0.297. The predicted octanol–water partition coefficient (Wildman–Crippen LogP) is 5.53. The van der Waals surface area contributed by atoms with Crippen molar-refractivity contribution in [2.75, 3.05) is 39.3 Å². The Hall–Kier alpha value is -4.62. The van der Waals surface area contributed by atoms with E-state index in [1.165, 1.54) is 0 Å². The molecular weight excluding hydrogens is 548 g/mol. The van der Waals surface area contributed by atoms with Gasteiger partial charge >= 0.3 is 0 Å². The van der Waals surface area contributed by atoms with Gasteiger partial charge in [-0.05, 0) is 30.5 Å². The molecule has 0 bridgehead atoms. The number of rotatable bonds is 5. The highest BCUT2D eigenvalue weighted by atomic mass is 16.2. The lowest BCUT2D eigenvalue weighted by molar-refractivity contribution is -0.134. The van der Waals surface area contributed by atoms with Crippen LogP contribution in [0.3, 0.4) is 0 Å². The highest BCUT2D eigenvalue weighted by Crippen LogP contribution is 2.35. The van der Waals surface area contributed by atoms with E-state index in [-0.39, 0.29) is 29.9 Å². The average molecular weight is 585 g/mol. The second-order valence-electron chi connectivity index (χ2n) is 12.0. The Morgan fingerprint density at radius 1 is 0.659 bits per heavy atom. The van der Waals surface area contributed by atoms with Crippen molar-refractivity contribution < 1.29 is 14.4 Å². The maximum absolute atomic E-state index is 13.8. The maximum atomic E-state index is 13.8. The first-order valence-corrected chi connectivity index (χ1v) is 15.6. The number of carbonyl (C=O) groups is 3. The van der Waals surface area contributed by atoms with Gasteiger partial charge in [0.15, 0.2) is 5.78 Å². The van der Waals surface area contributed by atoms with Gasteiger partial charge in [0.1, 0.15) is 0 Å². The lowest BCUT2D eigenvalue weighted by Gasteiger charge is -2.43. The number of likely N-dealkylation sites (tertiary alicyclic amines) is 1. The van der Waals surface area contributed by atoms with Crippen LogP contribution >= 0.6 is 0 Å². The Balaban J connectivity index is 0.986. The van der Waals surface area contributed by atoms with Crippen LogP contribution in [0.15, 0.2) is 97.1 Å². The highest BCUT2D eigenvalue weighted by Gasteiger charge is 2.38. The molecule has 3 aliphatic rings. The van der Waals surface area contributed by atoms with Crippen molar-refractivity contribution in [2.24, 2.45) is 0 Å². The Morgan fingerprint density at radius 3 is 1.84 bits per heavy atom. The fourth-order valence-electron chi connectivity index (χ4n) is 6.99. The normalized spacial score (nSPS) is 19.2. The number of nitrogens with zero attached hydrogens (tertiary/aromatic N) is 4. The van der Waals surface area contributed by atoms with Gasteiger partial charge in [-0.25, -0.2) is 4.98 Å². The molecule has 2 amide bonds. The second kappa shape index (κ2) is 12.2. The molecule has 2 aliphatic heterocycles. The van der Waals surface area contributed by atoms with Crippen molar-refractivity contribution in [3.63, 3.8) is 0 Å². The number of fused-ring (bicyclic) bond motifs is 1. The van der Waals surface area contributed by atoms with Crippen molar-refractivity contribution in [1.82, 2.24) is 19.7 Å². The third-order valence-corrected chi connectivity index (χ3v) is 9.43. The minimum absolute atomic E-state index is 0.0354. The molecule has 1 aliphatic carbocycles. The van der Waals surface area contributed by atoms with Gasteiger partial charge in [-0.3, -0.25) is 19.3 Å². The minimum Gasteiger partial charge on any atom is -0.342 e. The topological polar surface area (TPSA) is 73.8 Å². The first kappa shape index (κ1) is 28.2. The summed E-state index contributed by atoms with van der Waals surface area (Å²) in [5.41, 5.74) is 5.79. The minimum atomic E-state index is -0.345. The molecule has 3 heterocycles. The second-order valence-corrected chi connectivity index (χ2v) is 12.0. The summed E-state index contributed by atoms with van der Waals surface area (Å²) in [6.45, 7) is 4.38. The average Bonchev–Trinajstić information content (AvgIpc) is 3.44. The van der Waals surface area contributed by atoms with E-state index in [4.69, 9.17) is 4.98 Å². The lowest BCUT2D eigenvalue weighted by Crippen LogP contribution is -2.55. The summed E-state index contributed by atoms with van der Waals surface area (Å²) in [5.74, 6) is -0.157. The molecule has 0 N–H and O–H groups in total. The lowest BCUT2D eigenvalue weighted by atomic mass is 9.96. The third-order valence-electron chi connectivity index (χ3n) is 9.43. The van der Waals surface area contributed by atoms with Gasteiger partial charge in [0.05, 0.1) is 17.3 Å². The predicted molar refractivity (Wildman–Crippen MR) is 170 cm³/mol. The zero-order valence-electron chi connectivity index (χ0n) is 24.8. The molecule has 1 aromatic heterocycles. The molecule has 0 radical (unpaired) electrons. The van der Waals surface area contributed by atoms with Gasteiger partial charge in [-0.15, -0.1) is 0 Å². The number of pyridine rings is 1. The van der Waals surface area contributed by atoms with E-state index < -0.39 is 0 Å². The molecule has 1 atom stereocenters. The molecular formula is C37H36N4O3. The van der Waals surface area contributed by atoms with Gasteiger partial charge in [-0.2, -0.15) is 0 Å². The molecule has 1 unspecified atom stereocenters. The number of benzene rings is 3. The maximum Gasteiger partial charge on any atom is 0.254 e. The van der Waals surface area contributed by atoms with Crippen LogP contribution in [0.2, 0.25) is 0 Å².